The maximum absolute atomic E-state index is 14.1. The first-order valence-corrected chi connectivity index (χ1v) is 10.9. The number of nitrogens with one attached hydrogen (secondary N) is 1. The molecule has 184 valence electrons. The summed E-state index contributed by atoms with van der Waals surface area (Å²) in [5.41, 5.74) is 4.06. The second-order valence-electron chi connectivity index (χ2n) is 9.00. The predicted octanol–water partition coefficient (Wildman–Crippen LogP) is 3.42. The molecule has 0 aliphatic heterocycles. The molecule has 1 heterocycles. The van der Waals surface area contributed by atoms with Crippen molar-refractivity contribution in [3.63, 3.8) is 0 Å². The number of carbonyl (C=O) groups excluding carboxylic acids is 2. The number of alkyl halides is 3. The number of aromatic nitrogens is 1. The van der Waals surface area contributed by atoms with E-state index in [0.717, 1.165) is 0 Å². The molecule has 1 saturated carbocycles. The number of primary amides is 1. The number of amides is 2. The Morgan fingerprint density at radius 2 is 1.82 bits per heavy atom. The average Bonchev–Trinajstić information content (AvgIpc) is 3.57. The van der Waals surface area contributed by atoms with E-state index in [9.17, 15) is 27.2 Å². The van der Waals surface area contributed by atoms with Gasteiger partial charge in [-0.1, -0.05) is 6.07 Å². The van der Waals surface area contributed by atoms with Gasteiger partial charge in [0.2, 0.25) is 5.91 Å². The number of hydrogen-bond donors (Lipinski definition) is 2. The van der Waals surface area contributed by atoms with E-state index < -0.39 is 35.1 Å². The van der Waals surface area contributed by atoms with Gasteiger partial charge in [0.15, 0.2) is 0 Å². The molecule has 2 aromatic rings. The fraction of sp³-hybridized carbons (Fsp3) is 0.458. The molecule has 1 aliphatic carbocycles. The van der Waals surface area contributed by atoms with E-state index in [1.807, 2.05) is 4.90 Å². The Morgan fingerprint density at radius 3 is 2.32 bits per heavy atom. The first-order chi connectivity index (χ1) is 15.9. The third kappa shape index (κ3) is 5.72. The Labute approximate surface area is 195 Å². The number of likely N-dealkylation sites (N-methyl/N-ethyl adjacent to an activating group) is 1. The van der Waals surface area contributed by atoms with Crippen LogP contribution in [0.3, 0.4) is 0 Å². The van der Waals surface area contributed by atoms with E-state index in [1.165, 1.54) is 36.7 Å². The predicted molar refractivity (Wildman–Crippen MR) is 118 cm³/mol. The zero-order chi connectivity index (χ0) is 25.1. The normalized spacial score (nSPS) is 16.7. The second-order valence-corrected chi connectivity index (χ2v) is 9.00. The molecule has 2 atom stereocenters. The van der Waals surface area contributed by atoms with Gasteiger partial charge in [-0.05, 0) is 68.8 Å². The molecule has 6 nitrogen and oxygen atoms in total. The molecule has 1 aromatic carbocycles. The largest absolute Gasteiger partial charge is 0.395 e. The zero-order valence-corrected chi connectivity index (χ0v) is 19.0. The molecule has 2 amide bonds. The number of pyridine rings is 1. The third-order valence-corrected chi connectivity index (χ3v) is 6.55. The molecule has 3 N–H and O–H groups in total. The molecular formula is C24H28F4N4O2. The first-order valence-electron chi connectivity index (χ1n) is 10.9. The second kappa shape index (κ2) is 10.1. The van der Waals surface area contributed by atoms with E-state index in [4.69, 9.17) is 5.73 Å². The summed E-state index contributed by atoms with van der Waals surface area (Å²) in [5.74, 6) is -3.08. The minimum atomic E-state index is -4.41. The molecule has 0 spiro atoms. The lowest BCUT2D eigenvalue weighted by Crippen LogP contribution is -2.42. The summed E-state index contributed by atoms with van der Waals surface area (Å²) in [7, 11) is 3.57. The van der Waals surface area contributed by atoms with Crippen molar-refractivity contribution in [3.8, 4) is 0 Å². The highest BCUT2D eigenvalue weighted by atomic mass is 19.4. The van der Waals surface area contributed by atoms with E-state index in [-0.39, 0.29) is 37.4 Å². The summed E-state index contributed by atoms with van der Waals surface area (Å²) >= 11 is 0. The van der Waals surface area contributed by atoms with Gasteiger partial charge in [0.05, 0.1) is 11.0 Å². The minimum absolute atomic E-state index is 0.00997. The van der Waals surface area contributed by atoms with Crippen molar-refractivity contribution in [1.29, 1.82) is 0 Å². The van der Waals surface area contributed by atoms with Crippen molar-refractivity contribution in [2.75, 3.05) is 20.6 Å². The third-order valence-electron chi connectivity index (χ3n) is 6.55. The van der Waals surface area contributed by atoms with Crippen molar-refractivity contribution in [3.05, 3.63) is 65.2 Å². The van der Waals surface area contributed by atoms with Gasteiger partial charge in [0, 0.05) is 37.3 Å². The number of carbonyl (C=O) groups is 2. The van der Waals surface area contributed by atoms with Crippen molar-refractivity contribution in [2.24, 2.45) is 11.1 Å². The number of hydrogen-bond acceptors (Lipinski definition) is 4. The monoisotopic (exact) mass is 480 g/mol. The highest BCUT2D eigenvalue weighted by Gasteiger charge is 2.67. The molecular weight excluding hydrogens is 452 g/mol. The van der Waals surface area contributed by atoms with Crippen LogP contribution < -0.4 is 11.1 Å². The molecule has 1 aliphatic rings. The fourth-order valence-corrected chi connectivity index (χ4v) is 4.28. The van der Waals surface area contributed by atoms with Crippen LogP contribution in [-0.2, 0) is 11.2 Å². The topological polar surface area (TPSA) is 88.3 Å². The van der Waals surface area contributed by atoms with Crippen molar-refractivity contribution < 1.29 is 27.2 Å². The van der Waals surface area contributed by atoms with Gasteiger partial charge in [-0.2, -0.15) is 13.2 Å². The Bertz CT molecular complexity index is 1020. The van der Waals surface area contributed by atoms with Crippen LogP contribution in [0.25, 0.3) is 0 Å². The van der Waals surface area contributed by atoms with Gasteiger partial charge in [0.1, 0.15) is 5.82 Å². The van der Waals surface area contributed by atoms with Crippen LogP contribution in [0.1, 0.15) is 46.7 Å². The molecule has 0 saturated heterocycles. The molecule has 1 fully saturated rings. The Kier molecular flexibility index (Phi) is 7.60. The summed E-state index contributed by atoms with van der Waals surface area (Å²) < 4.78 is 55.6. The van der Waals surface area contributed by atoms with Crippen LogP contribution in [0.4, 0.5) is 17.6 Å². The molecule has 0 radical (unpaired) electrons. The van der Waals surface area contributed by atoms with E-state index in [1.54, 1.807) is 20.2 Å². The van der Waals surface area contributed by atoms with E-state index in [2.05, 4.69) is 10.3 Å². The van der Waals surface area contributed by atoms with Crippen LogP contribution in [0.5, 0.6) is 0 Å². The fourth-order valence-electron chi connectivity index (χ4n) is 4.28. The molecule has 0 bridgehead atoms. The maximum Gasteiger partial charge on any atom is 0.395 e. The number of benzene rings is 1. The minimum Gasteiger partial charge on any atom is -0.366 e. The summed E-state index contributed by atoms with van der Waals surface area (Å²) in [6, 6.07) is 6.91. The van der Waals surface area contributed by atoms with Crippen LogP contribution in [0.15, 0.2) is 42.7 Å². The lowest BCUT2D eigenvalue weighted by atomic mass is 9.80. The number of rotatable bonds is 10. The Morgan fingerprint density at radius 1 is 1.18 bits per heavy atom. The summed E-state index contributed by atoms with van der Waals surface area (Å²) in [6.45, 7) is 0.160. The Hall–Kier alpha value is -3.01. The lowest BCUT2D eigenvalue weighted by Gasteiger charge is -2.30. The number of nitrogens with two attached hydrogens (primary N) is 1. The molecule has 34 heavy (non-hydrogen) atoms. The standard InChI is InChI=1S/C24H28F4N4O2/c1-32(2)17(11-15-3-4-18(22(29)34)20(25)12-15)14-31-21(33)13-19(16-5-9-30-10-6-16)23(7-8-23)24(26,27)28/h3-6,9-10,12,17,19H,7-8,11,13-14H2,1-2H3,(H2,29,34)(H,31,33)/t17-,19?/m0/s1. The highest BCUT2D eigenvalue weighted by Crippen LogP contribution is 2.66. The molecule has 3 rings (SSSR count). The van der Waals surface area contributed by atoms with Gasteiger partial charge < -0.3 is 16.0 Å². The number of nitrogens with zero attached hydrogens (tertiary/aromatic N) is 2. The summed E-state index contributed by atoms with van der Waals surface area (Å²) in [5, 5.41) is 2.75. The average molecular weight is 481 g/mol. The van der Waals surface area contributed by atoms with Gasteiger partial charge in [0.25, 0.3) is 5.91 Å². The van der Waals surface area contributed by atoms with Gasteiger partial charge in [-0.15, -0.1) is 0 Å². The first kappa shape index (κ1) is 25.6. The Balaban J connectivity index is 1.68. The quantitative estimate of drug-likeness (QED) is 0.510. The summed E-state index contributed by atoms with van der Waals surface area (Å²) in [4.78, 5) is 29.7. The van der Waals surface area contributed by atoms with E-state index >= 15 is 0 Å². The van der Waals surface area contributed by atoms with Crippen LogP contribution in [-0.4, -0.2) is 54.6 Å². The maximum atomic E-state index is 14.1. The van der Waals surface area contributed by atoms with Crippen LogP contribution in [0.2, 0.25) is 0 Å². The van der Waals surface area contributed by atoms with Crippen molar-refractivity contribution in [2.45, 2.75) is 43.8 Å². The molecule has 1 unspecified atom stereocenters. The smallest absolute Gasteiger partial charge is 0.366 e. The summed E-state index contributed by atoms with van der Waals surface area (Å²) in [6.07, 6.45) is -1.52. The van der Waals surface area contributed by atoms with E-state index in [0.29, 0.717) is 17.5 Å². The highest BCUT2D eigenvalue weighted by molar-refractivity contribution is 5.93. The molecule has 10 heteroatoms. The lowest BCUT2D eigenvalue weighted by molar-refractivity contribution is -0.194. The number of halogens is 4. The SMILES string of the molecule is CN(C)[C@H](CNC(=O)CC(c1ccncc1)C1(C(F)(F)F)CC1)Cc1ccc(C(N)=O)c(F)c1. The van der Waals surface area contributed by atoms with Gasteiger partial charge in [-0.25, -0.2) is 4.39 Å². The molecule has 1 aromatic heterocycles. The van der Waals surface area contributed by atoms with Crippen LogP contribution in [0, 0.1) is 11.2 Å². The van der Waals surface area contributed by atoms with Gasteiger partial charge in [-0.3, -0.25) is 14.6 Å². The van der Waals surface area contributed by atoms with Gasteiger partial charge >= 0.3 is 6.18 Å². The van der Waals surface area contributed by atoms with Crippen molar-refractivity contribution in [1.82, 2.24) is 15.2 Å². The van der Waals surface area contributed by atoms with Crippen molar-refractivity contribution >= 4 is 11.8 Å². The zero-order valence-electron chi connectivity index (χ0n) is 19.0. The van der Waals surface area contributed by atoms with Crippen LogP contribution >= 0.6 is 0 Å².